The van der Waals surface area contributed by atoms with E-state index in [1.165, 1.54) is 24.7 Å². The number of carbonyl (C=O) groups excluding carboxylic acids is 2. The Morgan fingerprint density at radius 1 is 1.14 bits per heavy atom. The van der Waals surface area contributed by atoms with Crippen LogP contribution >= 0.6 is 0 Å². The van der Waals surface area contributed by atoms with Crippen molar-refractivity contribution in [1.29, 1.82) is 0 Å². The third-order valence-electron chi connectivity index (χ3n) is 4.83. The van der Waals surface area contributed by atoms with E-state index in [1.807, 2.05) is 19.1 Å². The van der Waals surface area contributed by atoms with Gasteiger partial charge in [-0.25, -0.2) is 0 Å². The first-order chi connectivity index (χ1) is 13.6. The summed E-state index contributed by atoms with van der Waals surface area (Å²) < 4.78 is 5.31. The van der Waals surface area contributed by atoms with Crippen LogP contribution in [0.3, 0.4) is 0 Å². The van der Waals surface area contributed by atoms with Crippen LogP contribution in [0.5, 0.6) is 0 Å². The van der Waals surface area contributed by atoms with Crippen LogP contribution in [0.2, 0.25) is 0 Å². The first-order valence-corrected chi connectivity index (χ1v) is 9.72. The molecular weight excluding hydrogens is 352 g/mol. The minimum absolute atomic E-state index is 0.167. The SMILES string of the molecule is Cc1ccccc1C(=O)N/C(=C\c1ccco1)C(=O)NCCC1=CCCCC1. The van der Waals surface area contributed by atoms with E-state index in [4.69, 9.17) is 4.42 Å². The molecule has 28 heavy (non-hydrogen) atoms. The first kappa shape index (κ1) is 19.7. The Hall–Kier alpha value is -3.08. The maximum atomic E-state index is 12.7. The molecule has 0 saturated heterocycles. The highest BCUT2D eigenvalue weighted by atomic mass is 16.3. The van der Waals surface area contributed by atoms with Gasteiger partial charge in [-0.05, 0) is 62.8 Å². The normalized spacial score (nSPS) is 14.3. The zero-order valence-corrected chi connectivity index (χ0v) is 16.2. The minimum atomic E-state index is -0.324. The summed E-state index contributed by atoms with van der Waals surface area (Å²) in [5.41, 5.74) is 2.95. The van der Waals surface area contributed by atoms with Crippen molar-refractivity contribution in [3.05, 3.63) is 76.9 Å². The summed E-state index contributed by atoms with van der Waals surface area (Å²) in [7, 11) is 0. The number of rotatable bonds is 7. The second kappa shape index (κ2) is 9.74. The summed E-state index contributed by atoms with van der Waals surface area (Å²) in [6, 6.07) is 10.7. The Labute approximate surface area is 165 Å². The van der Waals surface area contributed by atoms with Crippen molar-refractivity contribution >= 4 is 17.9 Å². The molecule has 5 nitrogen and oxygen atoms in total. The monoisotopic (exact) mass is 378 g/mol. The van der Waals surface area contributed by atoms with Crippen molar-refractivity contribution in [2.24, 2.45) is 0 Å². The number of benzene rings is 1. The predicted octanol–water partition coefficient (Wildman–Crippen LogP) is 4.37. The summed E-state index contributed by atoms with van der Waals surface area (Å²) in [4.78, 5) is 25.4. The fourth-order valence-corrected chi connectivity index (χ4v) is 3.25. The second-order valence-corrected chi connectivity index (χ2v) is 6.96. The van der Waals surface area contributed by atoms with Crippen LogP contribution in [0.1, 0.15) is 53.8 Å². The van der Waals surface area contributed by atoms with Crippen LogP contribution < -0.4 is 10.6 Å². The average molecular weight is 378 g/mol. The molecule has 0 unspecified atom stereocenters. The van der Waals surface area contributed by atoms with Crippen LogP contribution in [-0.2, 0) is 4.79 Å². The number of carbonyl (C=O) groups is 2. The maximum absolute atomic E-state index is 12.7. The molecule has 3 rings (SSSR count). The molecule has 1 aliphatic carbocycles. The van der Waals surface area contributed by atoms with Gasteiger partial charge in [0.25, 0.3) is 11.8 Å². The van der Waals surface area contributed by atoms with E-state index in [1.54, 1.807) is 30.3 Å². The van der Waals surface area contributed by atoms with Gasteiger partial charge in [-0.15, -0.1) is 0 Å². The van der Waals surface area contributed by atoms with Gasteiger partial charge in [0.2, 0.25) is 0 Å². The number of hydrogen-bond acceptors (Lipinski definition) is 3. The van der Waals surface area contributed by atoms with E-state index in [-0.39, 0.29) is 17.5 Å². The van der Waals surface area contributed by atoms with Crippen LogP contribution in [-0.4, -0.2) is 18.4 Å². The summed E-state index contributed by atoms with van der Waals surface area (Å²) in [5, 5.41) is 5.65. The van der Waals surface area contributed by atoms with E-state index in [9.17, 15) is 9.59 Å². The summed E-state index contributed by atoms with van der Waals surface area (Å²) in [5.74, 6) is -0.138. The topological polar surface area (TPSA) is 71.3 Å². The lowest BCUT2D eigenvalue weighted by Crippen LogP contribution is -2.35. The average Bonchev–Trinajstić information content (AvgIpc) is 3.21. The number of hydrogen-bond donors (Lipinski definition) is 2. The van der Waals surface area contributed by atoms with E-state index >= 15 is 0 Å². The number of amides is 2. The van der Waals surface area contributed by atoms with Crippen molar-refractivity contribution in [3.8, 4) is 0 Å². The largest absolute Gasteiger partial charge is 0.465 e. The van der Waals surface area contributed by atoms with Gasteiger partial charge in [-0.3, -0.25) is 9.59 Å². The molecule has 0 fully saturated rings. The molecule has 0 radical (unpaired) electrons. The molecule has 2 N–H and O–H groups in total. The van der Waals surface area contributed by atoms with E-state index < -0.39 is 0 Å². The Kier molecular flexibility index (Phi) is 6.84. The van der Waals surface area contributed by atoms with Gasteiger partial charge in [0.15, 0.2) is 0 Å². The van der Waals surface area contributed by atoms with Crippen LogP contribution in [0.15, 0.2) is 64.4 Å². The third kappa shape index (κ3) is 5.46. The molecule has 1 aromatic heterocycles. The van der Waals surface area contributed by atoms with Gasteiger partial charge < -0.3 is 15.1 Å². The number of furan rings is 1. The van der Waals surface area contributed by atoms with Crippen molar-refractivity contribution in [3.63, 3.8) is 0 Å². The molecule has 0 saturated carbocycles. The standard InChI is InChI=1S/C23H26N2O3/c1-17-8-5-6-12-20(17)22(26)25-21(16-19-11-7-15-28-19)23(27)24-14-13-18-9-3-2-4-10-18/h5-9,11-12,15-16H,2-4,10,13-14H2,1H3,(H,24,27)(H,25,26)/b21-16-. The molecule has 2 aromatic rings. The molecule has 1 heterocycles. The summed E-state index contributed by atoms with van der Waals surface area (Å²) in [6.45, 7) is 2.41. The zero-order valence-electron chi connectivity index (χ0n) is 16.2. The quantitative estimate of drug-likeness (QED) is 0.555. The Bertz CT molecular complexity index is 879. The van der Waals surface area contributed by atoms with Crippen molar-refractivity contribution in [2.45, 2.75) is 39.0 Å². The molecule has 5 heteroatoms. The van der Waals surface area contributed by atoms with Crippen molar-refractivity contribution in [2.75, 3.05) is 6.54 Å². The Morgan fingerprint density at radius 3 is 2.71 bits per heavy atom. The Balaban J connectivity index is 1.68. The van der Waals surface area contributed by atoms with Gasteiger partial charge >= 0.3 is 0 Å². The second-order valence-electron chi connectivity index (χ2n) is 6.96. The summed E-state index contributed by atoms with van der Waals surface area (Å²) >= 11 is 0. The molecule has 0 bridgehead atoms. The van der Waals surface area contributed by atoms with Crippen LogP contribution in [0.4, 0.5) is 0 Å². The molecule has 0 atom stereocenters. The molecule has 0 aliphatic heterocycles. The molecule has 0 spiro atoms. The van der Waals surface area contributed by atoms with Crippen LogP contribution in [0, 0.1) is 6.92 Å². The minimum Gasteiger partial charge on any atom is -0.465 e. The van der Waals surface area contributed by atoms with Crippen molar-refractivity contribution in [1.82, 2.24) is 10.6 Å². The number of allylic oxidation sites excluding steroid dienone is 1. The molecule has 2 amide bonds. The lowest BCUT2D eigenvalue weighted by Gasteiger charge is -2.14. The van der Waals surface area contributed by atoms with Gasteiger partial charge in [-0.2, -0.15) is 0 Å². The first-order valence-electron chi connectivity index (χ1n) is 9.72. The Morgan fingerprint density at radius 2 is 2.00 bits per heavy atom. The molecule has 146 valence electrons. The highest BCUT2D eigenvalue weighted by molar-refractivity contribution is 6.05. The molecule has 1 aliphatic rings. The highest BCUT2D eigenvalue weighted by Gasteiger charge is 2.16. The smallest absolute Gasteiger partial charge is 0.267 e. The number of aryl methyl sites for hydroxylation is 1. The highest BCUT2D eigenvalue weighted by Crippen LogP contribution is 2.19. The van der Waals surface area contributed by atoms with Crippen LogP contribution in [0.25, 0.3) is 6.08 Å². The lowest BCUT2D eigenvalue weighted by molar-refractivity contribution is -0.117. The summed E-state index contributed by atoms with van der Waals surface area (Å²) in [6.07, 6.45) is 10.9. The van der Waals surface area contributed by atoms with Gasteiger partial charge in [-0.1, -0.05) is 29.8 Å². The molecular formula is C23H26N2O3. The predicted molar refractivity (Wildman–Crippen MR) is 110 cm³/mol. The van der Waals surface area contributed by atoms with Gasteiger partial charge in [0, 0.05) is 18.2 Å². The molecule has 1 aromatic carbocycles. The third-order valence-corrected chi connectivity index (χ3v) is 4.83. The van der Waals surface area contributed by atoms with E-state index in [0.29, 0.717) is 17.9 Å². The lowest BCUT2D eigenvalue weighted by atomic mass is 9.97. The van der Waals surface area contributed by atoms with E-state index in [2.05, 4.69) is 16.7 Å². The zero-order chi connectivity index (χ0) is 19.8. The van der Waals surface area contributed by atoms with Gasteiger partial charge in [0.1, 0.15) is 11.5 Å². The number of nitrogens with one attached hydrogen (secondary N) is 2. The van der Waals surface area contributed by atoms with Gasteiger partial charge in [0.05, 0.1) is 6.26 Å². The fourth-order valence-electron chi connectivity index (χ4n) is 3.25. The van der Waals surface area contributed by atoms with E-state index in [0.717, 1.165) is 24.8 Å². The maximum Gasteiger partial charge on any atom is 0.267 e. The van der Waals surface area contributed by atoms with Crippen molar-refractivity contribution < 1.29 is 14.0 Å². The fraction of sp³-hybridized carbons (Fsp3) is 0.304.